The number of hydrogen-bond donors (Lipinski definition) is 2. The maximum Gasteiger partial charge on any atom is 0.305 e. The lowest BCUT2D eigenvalue weighted by Gasteiger charge is -2.42. The van der Waals surface area contributed by atoms with Crippen molar-refractivity contribution >= 4 is 23.5 Å². The van der Waals surface area contributed by atoms with Crippen molar-refractivity contribution < 1.29 is 28.3 Å². The van der Waals surface area contributed by atoms with Gasteiger partial charge in [-0.2, -0.15) is 0 Å². The molecule has 1 spiro atoms. The predicted octanol–water partition coefficient (Wildman–Crippen LogP) is 4.59. The number of rotatable bonds is 9. The highest BCUT2D eigenvalue weighted by Gasteiger charge is 2.49. The first-order valence-electron chi connectivity index (χ1n) is 13.1. The lowest BCUT2D eigenvalue weighted by Crippen LogP contribution is -2.50. The number of nitrogens with one attached hydrogen (secondary N) is 1. The molecule has 2 amide bonds. The summed E-state index contributed by atoms with van der Waals surface area (Å²) in [6, 6.07) is 9.98. The Morgan fingerprint density at radius 3 is 2.45 bits per heavy atom. The standard InChI is InChI=1S/C29H33F2N3O4/c1-18(2)20-9-13-29(14-10-20)33-26(23-17-22(30)7-8-24(23)31)28(38)34(29)16-12-19-3-5-21(6-4-19)27(37)32-15-11-25(35)36/h3-8,17-18,20H,9-16H2,1-2H3,(H,32,37)(H,35,36). The third-order valence-corrected chi connectivity index (χ3v) is 7.69. The number of aliphatic imine (C=N–C) groups is 1. The molecule has 4 rings (SSSR count). The number of carboxylic acids is 1. The zero-order valence-electron chi connectivity index (χ0n) is 21.7. The summed E-state index contributed by atoms with van der Waals surface area (Å²) in [7, 11) is 0. The second-order valence-corrected chi connectivity index (χ2v) is 10.5. The van der Waals surface area contributed by atoms with Crippen molar-refractivity contribution in [2.24, 2.45) is 16.8 Å². The molecule has 7 nitrogen and oxygen atoms in total. The van der Waals surface area contributed by atoms with Gasteiger partial charge in [-0.05, 0) is 79.8 Å². The van der Waals surface area contributed by atoms with Gasteiger partial charge in [0, 0.05) is 24.2 Å². The van der Waals surface area contributed by atoms with Gasteiger partial charge < -0.3 is 15.3 Å². The van der Waals surface area contributed by atoms with Crippen molar-refractivity contribution in [1.82, 2.24) is 10.2 Å². The molecule has 2 aromatic rings. The number of amides is 2. The van der Waals surface area contributed by atoms with E-state index in [0.717, 1.165) is 36.6 Å². The van der Waals surface area contributed by atoms with Gasteiger partial charge in [-0.3, -0.25) is 19.4 Å². The lowest BCUT2D eigenvalue weighted by atomic mass is 9.76. The van der Waals surface area contributed by atoms with Crippen LogP contribution in [0.3, 0.4) is 0 Å². The number of hydrogen-bond acceptors (Lipinski definition) is 4. The Labute approximate surface area is 220 Å². The van der Waals surface area contributed by atoms with E-state index in [1.165, 1.54) is 0 Å². The molecule has 0 saturated heterocycles. The van der Waals surface area contributed by atoms with Gasteiger partial charge in [0.1, 0.15) is 23.0 Å². The van der Waals surface area contributed by atoms with Crippen LogP contribution in [0.25, 0.3) is 0 Å². The lowest BCUT2D eigenvalue weighted by molar-refractivity contribution is -0.136. The summed E-state index contributed by atoms with van der Waals surface area (Å²) in [5, 5.41) is 11.3. The number of carbonyl (C=O) groups excluding carboxylic acids is 2. The van der Waals surface area contributed by atoms with E-state index in [0.29, 0.717) is 43.2 Å². The normalized spacial score (nSPS) is 21.2. The number of halogens is 2. The second kappa shape index (κ2) is 11.4. The molecule has 1 saturated carbocycles. The van der Waals surface area contributed by atoms with Crippen molar-refractivity contribution in [3.63, 3.8) is 0 Å². The van der Waals surface area contributed by atoms with Crippen LogP contribution >= 0.6 is 0 Å². The Hall–Kier alpha value is -3.62. The molecule has 0 radical (unpaired) electrons. The van der Waals surface area contributed by atoms with Crippen LogP contribution in [-0.2, 0) is 16.0 Å². The molecule has 2 aliphatic rings. The Bertz CT molecular complexity index is 1230. The monoisotopic (exact) mass is 525 g/mol. The SMILES string of the molecule is CC(C)C1CCC2(CC1)N=C(c1cc(F)ccc1F)C(=O)N2CCc1ccc(C(=O)NCCC(=O)O)cc1. The summed E-state index contributed by atoms with van der Waals surface area (Å²) in [6.45, 7) is 4.76. The molecule has 202 valence electrons. The molecule has 1 fully saturated rings. The minimum Gasteiger partial charge on any atom is -0.481 e. The zero-order valence-corrected chi connectivity index (χ0v) is 21.7. The number of carboxylic acid groups (broad SMARTS) is 1. The maximum atomic E-state index is 14.6. The Morgan fingerprint density at radius 2 is 1.82 bits per heavy atom. The van der Waals surface area contributed by atoms with Crippen molar-refractivity contribution in [2.45, 2.75) is 58.0 Å². The van der Waals surface area contributed by atoms with Crippen LogP contribution in [0.5, 0.6) is 0 Å². The summed E-state index contributed by atoms with van der Waals surface area (Å²) in [4.78, 5) is 42.9. The molecule has 2 aromatic carbocycles. The molecule has 1 heterocycles. The summed E-state index contributed by atoms with van der Waals surface area (Å²) < 4.78 is 28.6. The van der Waals surface area contributed by atoms with Gasteiger partial charge in [0.2, 0.25) is 0 Å². The third kappa shape index (κ3) is 5.92. The van der Waals surface area contributed by atoms with E-state index < -0.39 is 29.2 Å². The molecule has 9 heteroatoms. The third-order valence-electron chi connectivity index (χ3n) is 7.69. The highest BCUT2D eigenvalue weighted by molar-refractivity contribution is 6.46. The fourth-order valence-electron chi connectivity index (χ4n) is 5.40. The van der Waals surface area contributed by atoms with Gasteiger partial charge in [0.05, 0.1) is 6.42 Å². The fourth-order valence-corrected chi connectivity index (χ4v) is 5.40. The van der Waals surface area contributed by atoms with Crippen LogP contribution in [0.2, 0.25) is 0 Å². The van der Waals surface area contributed by atoms with Crippen LogP contribution in [0.1, 0.15) is 67.4 Å². The molecule has 1 aliphatic carbocycles. The van der Waals surface area contributed by atoms with Gasteiger partial charge in [-0.25, -0.2) is 8.78 Å². The first-order chi connectivity index (χ1) is 18.1. The zero-order chi connectivity index (χ0) is 27.4. The molecular weight excluding hydrogens is 492 g/mol. The van der Waals surface area contributed by atoms with Gasteiger partial charge in [-0.15, -0.1) is 0 Å². The van der Waals surface area contributed by atoms with E-state index in [9.17, 15) is 23.2 Å². The van der Waals surface area contributed by atoms with Crippen molar-refractivity contribution in [3.8, 4) is 0 Å². The van der Waals surface area contributed by atoms with E-state index in [1.807, 2.05) is 0 Å². The van der Waals surface area contributed by atoms with Crippen molar-refractivity contribution in [1.29, 1.82) is 0 Å². The average molecular weight is 526 g/mol. The van der Waals surface area contributed by atoms with Gasteiger partial charge in [-0.1, -0.05) is 26.0 Å². The van der Waals surface area contributed by atoms with Crippen LogP contribution in [0.15, 0.2) is 47.5 Å². The summed E-state index contributed by atoms with van der Waals surface area (Å²) in [5.41, 5.74) is 0.392. The number of aliphatic carboxylic acids is 1. The molecule has 0 unspecified atom stereocenters. The smallest absolute Gasteiger partial charge is 0.305 e. The maximum absolute atomic E-state index is 14.6. The molecule has 0 aromatic heterocycles. The van der Waals surface area contributed by atoms with Crippen LogP contribution < -0.4 is 5.32 Å². The fraction of sp³-hybridized carbons (Fsp3) is 0.448. The van der Waals surface area contributed by atoms with Gasteiger partial charge in [0.15, 0.2) is 0 Å². The number of benzene rings is 2. The summed E-state index contributed by atoms with van der Waals surface area (Å²) in [6.07, 6.45) is 3.47. The number of carbonyl (C=O) groups is 3. The minimum absolute atomic E-state index is 0.0293. The van der Waals surface area contributed by atoms with Gasteiger partial charge in [0.25, 0.3) is 11.8 Å². The van der Waals surface area contributed by atoms with E-state index in [1.54, 1.807) is 29.2 Å². The molecule has 38 heavy (non-hydrogen) atoms. The average Bonchev–Trinajstić information content (AvgIpc) is 3.14. The molecule has 1 aliphatic heterocycles. The quantitative estimate of drug-likeness (QED) is 0.501. The first-order valence-corrected chi connectivity index (χ1v) is 13.1. The summed E-state index contributed by atoms with van der Waals surface area (Å²) >= 11 is 0. The van der Waals surface area contributed by atoms with Crippen LogP contribution in [-0.4, -0.2) is 52.3 Å². The first kappa shape index (κ1) is 27.4. The van der Waals surface area contributed by atoms with E-state index in [4.69, 9.17) is 10.1 Å². The minimum atomic E-state index is -0.986. The Morgan fingerprint density at radius 1 is 1.13 bits per heavy atom. The Kier molecular flexibility index (Phi) is 8.23. The number of nitrogens with zero attached hydrogens (tertiary/aromatic N) is 2. The molecule has 0 bridgehead atoms. The summed E-state index contributed by atoms with van der Waals surface area (Å²) in [5.74, 6) is -2.00. The van der Waals surface area contributed by atoms with E-state index >= 15 is 0 Å². The van der Waals surface area contributed by atoms with Crippen molar-refractivity contribution in [3.05, 3.63) is 70.8 Å². The largest absolute Gasteiger partial charge is 0.481 e. The van der Waals surface area contributed by atoms with Gasteiger partial charge >= 0.3 is 5.97 Å². The predicted molar refractivity (Wildman–Crippen MR) is 139 cm³/mol. The van der Waals surface area contributed by atoms with E-state index in [-0.39, 0.29) is 30.1 Å². The van der Waals surface area contributed by atoms with Crippen LogP contribution in [0.4, 0.5) is 8.78 Å². The van der Waals surface area contributed by atoms with E-state index in [2.05, 4.69) is 19.2 Å². The molecule has 0 atom stereocenters. The highest BCUT2D eigenvalue weighted by Crippen LogP contribution is 2.43. The second-order valence-electron chi connectivity index (χ2n) is 10.5. The highest BCUT2D eigenvalue weighted by atomic mass is 19.1. The molecule has 2 N–H and O–H groups in total. The Balaban J connectivity index is 1.50. The van der Waals surface area contributed by atoms with Crippen LogP contribution in [0, 0.1) is 23.5 Å². The molecular formula is C29H33F2N3O4. The topological polar surface area (TPSA) is 99.1 Å². The van der Waals surface area contributed by atoms with Crippen molar-refractivity contribution in [2.75, 3.05) is 13.1 Å².